The van der Waals surface area contributed by atoms with E-state index in [1.165, 1.54) is 4.70 Å². The summed E-state index contributed by atoms with van der Waals surface area (Å²) in [5.41, 5.74) is 0.961. The van der Waals surface area contributed by atoms with Crippen LogP contribution >= 0.6 is 11.3 Å². The molecule has 0 atom stereocenters. The zero-order chi connectivity index (χ0) is 16.4. The molecule has 0 N–H and O–H groups in total. The lowest BCUT2D eigenvalue weighted by Crippen LogP contribution is -2.38. The largest absolute Gasteiger partial charge is 0.494 e. The van der Waals surface area contributed by atoms with E-state index >= 15 is 0 Å². The Bertz CT molecular complexity index is 782. The average molecular weight is 343 g/mol. The molecule has 1 fully saturated rings. The third kappa shape index (κ3) is 3.09. The van der Waals surface area contributed by atoms with Crippen molar-refractivity contribution in [2.24, 2.45) is 0 Å². The number of hydrogen-bond donors (Lipinski definition) is 0. The minimum Gasteiger partial charge on any atom is -0.494 e. The van der Waals surface area contributed by atoms with Crippen molar-refractivity contribution in [1.82, 2.24) is 19.9 Å². The average Bonchev–Trinajstić information content (AvgIpc) is 3.07. The highest BCUT2D eigenvalue weighted by atomic mass is 32.1. The number of nitrogens with zero attached hydrogens (tertiary/aromatic N) is 5. The Kier molecular flexibility index (Phi) is 4.12. The van der Waals surface area contributed by atoms with Crippen LogP contribution in [0.25, 0.3) is 10.2 Å². The molecule has 0 radical (unpaired) electrons. The number of methoxy groups -OCH3 is 1. The Morgan fingerprint density at radius 2 is 1.96 bits per heavy atom. The summed E-state index contributed by atoms with van der Waals surface area (Å²) in [6.07, 6.45) is 8.82. The molecule has 1 saturated heterocycles. The highest BCUT2D eigenvalue weighted by Gasteiger charge is 2.23. The Balaban J connectivity index is 1.37. The van der Waals surface area contributed by atoms with E-state index in [0.29, 0.717) is 11.8 Å². The topological polar surface area (TPSA) is 73.3 Å². The van der Waals surface area contributed by atoms with Crippen molar-refractivity contribution in [1.29, 1.82) is 0 Å². The fourth-order valence-electron chi connectivity index (χ4n) is 2.69. The minimum absolute atomic E-state index is 0.130. The fourth-order valence-corrected chi connectivity index (χ4v) is 3.67. The summed E-state index contributed by atoms with van der Waals surface area (Å²) in [4.78, 5) is 19.4. The molecule has 3 aromatic rings. The van der Waals surface area contributed by atoms with Gasteiger partial charge in [-0.2, -0.15) is 9.97 Å². The number of hydrogen-bond acceptors (Lipinski definition) is 8. The van der Waals surface area contributed by atoms with Crippen molar-refractivity contribution in [3.8, 4) is 11.8 Å². The summed E-state index contributed by atoms with van der Waals surface area (Å²) < 4.78 is 12.1. The number of piperidine rings is 1. The molecular weight excluding hydrogens is 326 g/mol. The smallest absolute Gasteiger partial charge is 0.316 e. The highest BCUT2D eigenvalue weighted by molar-refractivity contribution is 7.22. The van der Waals surface area contributed by atoms with E-state index in [-0.39, 0.29) is 6.10 Å². The molecule has 0 spiro atoms. The second-order valence-corrected chi connectivity index (χ2v) is 6.56. The van der Waals surface area contributed by atoms with Crippen LogP contribution in [0.1, 0.15) is 12.8 Å². The van der Waals surface area contributed by atoms with Gasteiger partial charge in [-0.1, -0.05) is 11.3 Å². The summed E-state index contributed by atoms with van der Waals surface area (Å²) in [6.45, 7) is 1.82. The molecule has 0 aromatic carbocycles. The SMILES string of the molecule is COc1cnc(OC2CCN(c3nc4cnccc4s3)CC2)nc1. The van der Waals surface area contributed by atoms with Gasteiger partial charge in [0.1, 0.15) is 11.6 Å². The Labute approximate surface area is 143 Å². The van der Waals surface area contributed by atoms with E-state index in [0.717, 1.165) is 36.6 Å². The van der Waals surface area contributed by atoms with Crippen LogP contribution in [-0.2, 0) is 0 Å². The number of pyridine rings is 1. The third-order valence-electron chi connectivity index (χ3n) is 4.00. The van der Waals surface area contributed by atoms with Gasteiger partial charge in [-0.3, -0.25) is 4.98 Å². The molecule has 0 bridgehead atoms. The van der Waals surface area contributed by atoms with E-state index in [4.69, 9.17) is 9.47 Å². The number of anilines is 1. The second kappa shape index (κ2) is 6.56. The van der Waals surface area contributed by atoms with Gasteiger partial charge in [0.15, 0.2) is 10.9 Å². The highest BCUT2D eigenvalue weighted by Crippen LogP contribution is 2.30. The molecule has 0 amide bonds. The van der Waals surface area contributed by atoms with Crippen LogP contribution in [0.4, 0.5) is 5.13 Å². The molecule has 124 valence electrons. The first-order valence-electron chi connectivity index (χ1n) is 7.80. The molecule has 3 aromatic heterocycles. The van der Waals surface area contributed by atoms with Gasteiger partial charge in [-0.25, -0.2) is 4.98 Å². The van der Waals surface area contributed by atoms with Crippen molar-refractivity contribution in [3.63, 3.8) is 0 Å². The van der Waals surface area contributed by atoms with E-state index in [1.807, 2.05) is 12.3 Å². The Hall–Kier alpha value is -2.48. The molecule has 4 rings (SSSR count). The van der Waals surface area contributed by atoms with Crippen LogP contribution in [0.5, 0.6) is 11.8 Å². The first-order chi connectivity index (χ1) is 11.8. The van der Waals surface area contributed by atoms with Crippen LogP contribution in [0.2, 0.25) is 0 Å². The molecule has 8 heteroatoms. The van der Waals surface area contributed by atoms with Gasteiger partial charge in [0.25, 0.3) is 0 Å². The van der Waals surface area contributed by atoms with E-state index < -0.39 is 0 Å². The summed E-state index contributed by atoms with van der Waals surface area (Å²) in [6, 6.07) is 2.41. The lowest BCUT2D eigenvalue weighted by molar-refractivity contribution is 0.156. The standard InChI is InChI=1S/C16H17N5O2S/c1-22-12-8-18-15(19-9-12)23-11-3-6-21(7-4-11)16-20-13-10-17-5-2-14(13)24-16/h2,5,8-11H,3-4,6-7H2,1H3. The van der Waals surface area contributed by atoms with Crippen molar-refractivity contribution in [2.75, 3.05) is 25.1 Å². The normalized spacial score (nSPS) is 15.6. The molecule has 0 unspecified atom stereocenters. The monoisotopic (exact) mass is 343 g/mol. The molecule has 0 saturated carbocycles. The maximum atomic E-state index is 5.87. The van der Waals surface area contributed by atoms with Crippen molar-refractivity contribution >= 4 is 26.7 Å². The van der Waals surface area contributed by atoms with Gasteiger partial charge in [-0.15, -0.1) is 0 Å². The maximum absolute atomic E-state index is 5.87. The molecule has 24 heavy (non-hydrogen) atoms. The van der Waals surface area contributed by atoms with Gasteiger partial charge in [-0.05, 0) is 6.07 Å². The van der Waals surface area contributed by atoms with Crippen molar-refractivity contribution < 1.29 is 9.47 Å². The number of rotatable bonds is 4. The maximum Gasteiger partial charge on any atom is 0.316 e. The second-order valence-electron chi connectivity index (χ2n) is 5.55. The van der Waals surface area contributed by atoms with Crippen LogP contribution in [-0.4, -0.2) is 46.2 Å². The Morgan fingerprint density at radius 3 is 2.67 bits per heavy atom. The summed E-state index contributed by atoms with van der Waals surface area (Å²) in [7, 11) is 1.59. The lowest BCUT2D eigenvalue weighted by Gasteiger charge is -2.31. The molecule has 4 heterocycles. The van der Waals surface area contributed by atoms with E-state index in [2.05, 4.69) is 24.8 Å². The molecular formula is C16H17N5O2S. The molecule has 0 aliphatic carbocycles. The molecule has 7 nitrogen and oxygen atoms in total. The number of fused-ring (bicyclic) bond motifs is 1. The first kappa shape index (κ1) is 15.1. The van der Waals surface area contributed by atoms with Gasteiger partial charge in [0.05, 0.1) is 30.4 Å². The fraction of sp³-hybridized carbons (Fsp3) is 0.375. The van der Waals surface area contributed by atoms with E-state index in [9.17, 15) is 0 Å². The summed E-state index contributed by atoms with van der Waals surface area (Å²) in [5.74, 6) is 0.627. The van der Waals surface area contributed by atoms with E-state index in [1.54, 1.807) is 37.0 Å². The predicted molar refractivity (Wildman–Crippen MR) is 91.9 cm³/mol. The van der Waals surface area contributed by atoms with Crippen LogP contribution in [0, 0.1) is 0 Å². The first-order valence-corrected chi connectivity index (χ1v) is 8.61. The van der Waals surface area contributed by atoms with Gasteiger partial charge in [0, 0.05) is 32.1 Å². The quantitative estimate of drug-likeness (QED) is 0.720. The zero-order valence-electron chi connectivity index (χ0n) is 13.3. The van der Waals surface area contributed by atoms with Crippen LogP contribution in [0.15, 0.2) is 30.9 Å². The zero-order valence-corrected chi connectivity index (χ0v) is 14.1. The summed E-state index contributed by atoms with van der Waals surface area (Å²) >= 11 is 1.71. The number of thiazole rings is 1. The number of ether oxygens (including phenoxy) is 2. The Morgan fingerprint density at radius 1 is 1.17 bits per heavy atom. The van der Waals surface area contributed by atoms with Gasteiger partial charge < -0.3 is 14.4 Å². The lowest BCUT2D eigenvalue weighted by atomic mass is 10.1. The van der Waals surface area contributed by atoms with Gasteiger partial charge >= 0.3 is 6.01 Å². The summed E-state index contributed by atoms with van der Waals surface area (Å²) in [5, 5.41) is 1.05. The van der Waals surface area contributed by atoms with Crippen molar-refractivity contribution in [2.45, 2.75) is 18.9 Å². The minimum atomic E-state index is 0.130. The van der Waals surface area contributed by atoms with Gasteiger partial charge in [0.2, 0.25) is 0 Å². The number of aromatic nitrogens is 4. The van der Waals surface area contributed by atoms with Crippen molar-refractivity contribution in [3.05, 3.63) is 30.9 Å². The third-order valence-corrected chi connectivity index (χ3v) is 5.10. The molecule has 1 aliphatic rings. The molecule has 1 aliphatic heterocycles. The van der Waals surface area contributed by atoms with Crippen LogP contribution < -0.4 is 14.4 Å². The van der Waals surface area contributed by atoms with Crippen LogP contribution in [0.3, 0.4) is 0 Å². The predicted octanol–water partition coefficient (Wildman–Crippen LogP) is 2.54.